The summed E-state index contributed by atoms with van der Waals surface area (Å²) in [5, 5.41) is 9.02. The van der Waals surface area contributed by atoms with Gasteiger partial charge in [0, 0.05) is 19.2 Å². The Morgan fingerprint density at radius 1 is 1.13 bits per heavy atom. The lowest BCUT2D eigenvalue weighted by atomic mass is 9.91. The van der Waals surface area contributed by atoms with Crippen molar-refractivity contribution < 1.29 is 28.8 Å². The van der Waals surface area contributed by atoms with Gasteiger partial charge in [0.1, 0.15) is 5.75 Å². The molecule has 1 amide bonds. The number of ether oxygens (including phenoxy) is 4. The first-order valence-corrected chi connectivity index (χ1v) is 10.3. The summed E-state index contributed by atoms with van der Waals surface area (Å²) in [6.45, 7) is 2.53. The molecule has 0 aromatic heterocycles. The highest BCUT2D eigenvalue weighted by Crippen LogP contribution is 2.40. The highest BCUT2D eigenvalue weighted by molar-refractivity contribution is 5.74. The van der Waals surface area contributed by atoms with E-state index < -0.39 is 6.09 Å². The fourth-order valence-electron chi connectivity index (χ4n) is 3.57. The second-order valence-electron chi connectivity index (χ2n) is 7.05. The molecule has 0 bridgehead atoms. The molecule has 0 fully saturated rings. The van der Waals surface area contributed by atoms with Gasteiger partial charge in [0.2, 0.25) is 0 Å². The van der Waals surface area contributed by atoms with Gasteiger partial charge in [-0.3, -0.25) is 4.90 Å². The second-order valence-corrected chi connectivity index (χ2v) is 7.05. The zero-order valence-corrected chi connectivity index (χ0v) is 18.2. The predicted octanol–water partition coefficient (Wildman–Crippen LogP) is 4.19. The summed E-state index contributed by atoms with van der Waals surface area (Å²) in [7, 11) is 3.21. The Balaban J connectivity index is 2.00. The number of methoxy groups -OCH3 is 2. The van der Waals surface area contributed by atoms with Crippen LogP contribution in [0, 0.1) is 0 Å². The zero-order valence-electron chi connectivity index (χ0n) is 18.2. The highest BCUT2D eigenvalue weighted by atomic mass is 16.6. The van der Waals surface area contributed by atoms with Gasteiger partial charge in [0.15, 0.2) is 11.5 Å². The number of rotatable bonds is 9. The molecule has 1 heterocycles. The Kier molecular flexibility index (Phi) is 7.78. The minimum Gasteiger partial charge on any atom is -0.497 e. The molecule has 0 saturated carbocycles. The van der Waals surface area contributed by atoms with Gasteiger partial charge in [-0.25, -0.2) is 4.79 Å². The van der Waals surface area contributed by atoms with E-state index in [1.807, 2.05) is 42.5 Å². The molecule has 1 aliphatic rings. The van der Waals surface area contributed by atoms with Crippen molar-refractivity contribution in [1.29, 1.82) is 0 Å². The Morgan fingerprint density at radius 2 is 1.97 bits per heavy atom. The first-order chi connectivity index (χ1) is 15.1. The summed E-state index contributed by atoms with van der Waals surface area (Å²) in [4.78, 5) is 14.3. The summed E-state index contributed by atoms with van der Waals surface area (Å²) in [6, 6.07) is 11.3. The average Bonchev–Trinajstić information content (AvgIpc) is 2.79. The van der Waals surface area contributed by atoms with Gasteiger partial charge in [0.25, 0.3) is 0 Å². The average molecular weight is 427 g/mol. The number of aliphatic hydroxyl groups excluding tert-OH is 1. The van der Waals surface area contributed by atoms with Crippen LogP contribution in [-0.4, -0.2) is 50.1 Å². The van der Waals surface area contributed by atoms with E-state index >= 15 is 0 Å². The standard InChI is InChI=1S/C24H29NO6/c1-4-30-24(27)25-10-9-18-15-23(31-12-6-11-26)22(29-3)16-20(18)21(25)14-17-7-5-8-19(13-17)28-2/h5,7-10,13,15-16,21,26H,4,6,11-12,14H2,1-3H3. The van der Waals surface area contributed by atoms with Crippen molar-refractivity contribution in [1.82, 2.24) is 4.90 Å². The van der Waals surface area contributed by atoms with Gasteiger partial charge in [0.05, 0.1) is 33.5 Å². The number of hydrogen-bond donors (Lipinski definition) is 1. The first kappa shape index (κ1) is 22.5. The largest absolute Gasteiger partial charge is 0.497 e. The van der Waals surface area contributed by atoms with Crippen LogP contribution in [0.25, 0.3) is 6.08 Å². The van der Waals surface area contributed by atoms with Crippen molar-refractivity contribution in [2.24, 2.45) is 0 Å². The summed E-state index contributed by atoms with van der Waals surface area (Å²) < 4.78 is 22.0. The van der Waals surface area contributed by atoms with Crippen molar-refractivity contribution in [3.8, 4) is 17.2 Å². The van der Waals surface area contributed by atoms with E-state index in [0.717, 1.165) is 22.4 Å². The molecule has 0 radical (unpaired) electrons. The van der Waals surface area contributed by atoms with Gasteiger partial charge in [-0.1, -0.05) is 12.1 Å². The maximum absolute atomic E-state index is 12.7. The van der Waals surface area contributed by atoms with Crippen LogP contribution in [0.2, 0.25) is 0 Å². The van der Waals surface area contributed by atoms with Crippen LogP contribution >= 0.6 is 0 Å². The van der Waals surface area contributed by atoms with Crippen molar-refractivity contribution in [2.45, 2.75) is 25.8 Å². The quantitative estimate of drug-likeness (QED) is 0.605. The van der Waals surface area contributed by atoms with Crippen LogP contribution in [0.4, 0.5) is 4.79 Å². The highest BCUT2D eigenvalue weighted by Gasteiger charge is 2.30. The molecule has 0 saturated heterocycles. The van der Waals surface area contributed by atoms with E-state index in [9.17, 15) is 4.79 Å². The molecule has 31 heavy (non-hydrogen) atoms. The molecule has 0 spiro atoms. The van der Waals surface area contributed by atoms with Crippen molar-refractivity contribution in [3.05, 3.63) is 59.3 Å². The zero-order chi connectivity index (χ0) is 22.2. The molecule has 166 valence electrons. The van der Waals surface area contributed by atoms with Crippen LogP contribution in [-0.2, 0) is 11.2 Å². The van der Waals surface area contributed by atoms with E-state index in [4.69, 9.17) is 24.1 Å². The van der Waals surface area contributed by atoms with Crippen LogP contribution < -0.4 is 14.2 Å². The van der Waals surface area contributed by atoms with Crippen LogP contribution in [0.5, 0.6) is 17.2 Å². The monoisotopic (exact) mass is 427 g/mol. The fourth-order valence-corrected chi connectivity index (χ4v) is 3.57. The Morgan fingerprint density at radius 3 is 2.68 bits per heavy atom. The van der Waals surface area contributed by atoms with Gasteiger partial charge in [-0.05, 0) is 60.4 Å². The summed E-state index contributed by atoms with van der Waals surface area (Å²) in [6.07, 6.45) is 4.31. The lowest BCUT2D eigenvalue weighted by molar-refractivity contribution is 0.109. The lowest BCUT2D eigenvalue weighted by Crippen LogP contribution is -2.34. The number of amides is 1. The van der Waals surface area contributed by atoms with Gasteiger partial charge in [-0.15, -0.1) is 0 Å². The van der Waals surface area contributed by atoms with Crippen LogP contribution in [0.3, 0.4) is 0 Å². The first-order valence-electron chi connectivity index (χ1n) is 10.3. The number of aliphatic hydroxyl groups is 1. The molecule has 7 nitrogen and oxygen atoms in total. The van der Waals surface area contributed by atoms with E-state index in [2.05, 4.69) is 0 Å². The van der Waals surface area contributed by atoms with E-state index in [1.165, 1.54) is 0 Å². The van der Waals surface area contributed by atoms with E-state index in [-0.39, 0.29) is 12.6 Å². The van der Waals surface area contributed by atoms with Gasteiger partial charge >= 0.3 is 6.09 Å². The topological polar surface area (TPSA) is 77.5 Å². The molecular formula is C24H29NO6. The number of hydrogen-bond acceptors (Lipinski definition) is 6. The number of benzene rings is 2. The number of fused-ring (bicyclic) bond motifs is 1. The normalized spacial score (nSPS) is 14.7. The maximum Gasteiger partial charge on any atom is 0.414 e. The third kappa shape index (κ3) is 5.30. The molecule has 1 aliphatic heterocycles. The third-order valence-corrected chi connectivity index (χ3v) is 5.08. The maximum atomic E-state index is 12.7. The Hall–Kier alpha value is -3.19. The van der Waals surface area contributed by atoms with Gasteiger partial charge < -0.3 is 24.1 Å². The summed E-state index contributed by atoms with van der Waals surface area (Å²) >= 11 is 0. The molecule has 1 unspecified atom stereocenters. The second kappa shape index (κ2) is 10.7. The molecule has 3 rings (SSSR count). The number of nitrogens with zero attached hydrogens (tertiary/aromatic N) is 1. The Labute approximate surface area is 182 Å². The molecular weight excluding hydrogens is 398 g/mol. The van der Waals surface area contributed by atoms with Gasteiger partial charge in [-0.2, -0.15) is 0 Å². The minimum absolute atomic E-state index is 0.0598. The molecule has 2 aromatic carbocycles. The molecule has 1 N–H and O–H groups in total. The van der Waals surface area contributed by atoms with Crippen molar-refractivity contribution in [3.63, 3.8) is 0 Å². The molecule has 0 aliphatic carbocycles. The minimum atomic E-state index is -0.403. The predicted molar refractivity (Wildman–Crippen MR) is 118 cm³/mol. The van der Waals surface area contributed by atoms with Crippen LogP contribution in [0.1, 0.15) is 36.1 Å². The smallest absolute Gasteiger partial charge is 0.414 e. The SMILES string of the molecule is CCOC(=O)N1C=Cc2cc(OCCCO)c(OC)cc2C1Cc1cccc(OC)c1. The molecule has 7 heteroatoms. The van der Waals surface area contributed by atoms with E-state index in [1.54, 1.807) is 32.2 Å². The van der Waals surface area contributed by atoms with Crippen molar-refractivity contribution >= 4 is 12.2 Å². The van der Waals surface area contributed by atoms with Crippen molar-refractivity contribution in [2.75, 3.05) is 34.0 Å². The third-order valence-electron chi connectivity index (χ3n) is 5.08. The summed E-state index contributed by atoms with van der Waals surface area (Å²) in [5.41, 5.74) is 2.90. The fraction of sp³-hybridized carbons (Fsp3) is 0.375. The summed E-state index contributed by atoms with van der Waals surface area (Å²) in [5.74, 6) is 1.94. The molecule has 1 atom stereocenters. The Bertz CT molecular complexity index is 926. The molecule has 2 aromatic rings. The van der Waals surface area contributed by atoms with Crippen LogP contribution in [0.15, 0.2) is 42.6 Å². The van der Waals surface area contributed by atoms with E-state index in [0.29, 0.717) is 37.6 Å². The lowest BCUT2D eigenvalue weighted by Gasteiger charge is -2.33. The number of carbonyl (C=O) groups is 1. The number of carbonyl (C=O) groups excluding carboxylic acids is 1.